The van der Waals surface area contributed by atoms with E-state index in [4.69, 9.17) is 5.73 Å². The minimum absolute atomic E-state index is 0.180. The van der Waals surface area contributed by atoms with Crippen LogP contribution in [-0.4, -0.2) is 32.5 Å². The number of imide groups is 1. The highest BCUT2D eigenvalue weighted by Gasteiger charge is 2.14. The van der Waals surface area contributed by atoms with Gasteiger partial charge in [-0.05, 0) is 23.4 Å². The zero-order valence-corrected chi connectivity index (χ0v) is 16.8. The first-order valence-corrected chi connectivity index (χ1v) is 10.7. The number of thiophene rings is 1. The van der Waals surface area contributed by atoms with Crippen molar-refractivity contribution in [1.29, 1.82) is 0 Å². The van der Waals surface area contributed by atoms with E-state index < -0.39 is 11.9 Å². The standard InChI is InChI=1S/C19H21N5O2S2/c20-18(26)21-17(25)9-12-28-19-23-22-16(13-15-7-4-11-27-15)24(19)10-8-14-5-2-1-3-6-14/h1-7,11H,8-10,12-13H2,(H3,20,21,25,26). The van der Waals surface area contributed by atoms with Crippen molar-refractivity contribution in [3.8, 4) is 0 Å². The monoisotopic (exact) mass is 415 g/mol. The van der Waals surface area contributed by atoms with E-state index in [9.17, 15) is 9.59 Å². The summed E-state index contributed by atoms with van der Waals surface area (Å²) in [5.74, 6) is 0.998. The molecule has 3 amide bonds. The summed E-state index contributed by atoms with van der Waals surface area (Å²) in [5.41, 5.74) is 6.21. The Morgan fingerprint density at radius 3 is 2.68 bits per heavy atom. The topological polar surface area (TPSA) is 103 Å². The number of aromatic nitrogens is 3. The van der Waals surface area contributed by atoms with Gasteiger partial charge in [0.15, 0.2) is 5.16 Å². The molecule has 2 heterocycles. The number of thioether (sulfide) groups is 1. The van der Waals surface area contributed by atoms with E-state index in [-0.39, 0.29) is 6.42 Å². The van der Waals surface area contributed by atoms with E-state index in [2.05, 4.69) is 38.3 Å². The summed E-state index contributed by atoms with van der Waals surface area (Å²) in [6, 6.07) is 13.5. The third kappa shape index (κ3) is 5.93. The van der Waals surface area contributed by atoms with Crippen molar-refractivity contribution in [3.63, 3.8) is 0 Å². The van der Waals surface area contributed by atoms with E-state index in [1.165, 1.54) is 22.2 Å². The molecule has 7 nitrogen and oxygen atoms in total. The molecule has 0 saturated carbocycles. The van der Waals surface area contributed by atoms with Crippen molar-refractivity contribution < 1.29 is 9.59 Å². The largest absolute Gasteiger partial charge is 0.351 e. The predicted molar refractivity (Wildman–Crippen MR) is 110 cm³/mol. The van der Waals surface area contributed by atoms with Crippen molar-refractivity contribution in [3.05, 3.63) is 64.1 Å². The second-order valence-corrected chi connectivity index (χ2v) is 8.15. The first-order valence-electron chi connectivity index (χ1n) is 8.82. The fraction of sp³-hybridized carbons (Fsp3) is 0.263. The number of benzene rings is 1. The lowest BCUT2D eigenvalue weighted by molar-refractivity contribution is -0.119. The number of nitrogens with one attached hydrogen (secondary N) is 1. The first kappa shape index (κ1) is 20.1. The molecular weight excluding hydrogens is 394 g/mol. The number of hydrogen-bond acceptors (Lipinski definition) is 6. The maximum Gasteiger partial charge on any atom is 0.318 e. The molecule has 0 aliphatic rings. The number of carbonyl (C=O) groups is 2. The second kappa shape index (κ2) is 10.0. The lowest BCUT2D eigenvalue weighted by Gasteiger charge is -2.10. The molecule has 2 aromatic heterocycles. The molecule has 3 rings (SSSR count). The zero-order chi connectivity index (χ0) is 19.8. The van der Waals surface area contributed by atoms with Crippen LogP contribution in [0.4, 0.5) is 4.79 Å². The molecule has 0 unspecified atom stereocenters. The van der Waals surface area contributed by atoms with E-state index in [0.717, 1.165) is 30.4 Å². The Morgan fingerprint density at radius 2 is 1.96 bits per heavy atom. The Labute approximate surface area is 171 Å². The molecule has 9 heteroatoms. The smallest absolute Gasteiger partial charge is 0.318 e. The van der Waals surface area contributed by atoms with Crippen LogP contribution in [0, 0.1) is 0 Å². The van der Waals surface area contributed by atoms with Crippen LogP contribution < -0.4 is 11.1 Å². The van der Waals surface area contributed by atoms with Gasteiger partial charge in [-0.1, -0.05) is 48.2 Å². The van der Waals surface area contributed by atoms with Gasteiger partial charge in [0.2, 0.25) is 5.91 Å². The van der Waals surface area contributed by atoms with Crippen molar-refractivity contribution in [2.75, 3.05) is 5.75 Å². The molecule has 0 spiro atoms. The highest BCUT2D eigenvalue weighted by atomic mass is 32.2. The predicted octanol–water partition coefficient (Wildman–Crippen LogP) is 2.85. The molecule has 146 valence electrons. The van der Waals surface area contributed by atoms with E-state index >= 15 is 0 Å². The van der Waals surface area contributed by atoms with Gasteiger partial charge in [-0.2, -0.15) is 0 Å². The summed E-state index contributed by atoms with van der Waals surface area (Å²) in [5, 5.41) is 13.6. The molecule has 3 aromatic rings. The Kier molecular flexibility index (Phi) is 7.21. The molecule has 0 atom stereocenters. The number of hydrogen-bond donors (Lipinski definition) is 2. The lowest BCUT2D eigenvalue weighted by atomic mass is 10.1. The van der Waals surface area contributed by atoms with Crippen LogP contribution in [0.2, 0.25) is 0 Å². The summed E-state index contributed by atoms with van der Waals surface area (Å²) >= 11 is 3.14. The Bertz CT molecular complexity index is 910. The Balaban J connectivity index is 1.68. The Morgan fingerprint density at radius 1 is 1.14 bits per heavy atom. The number of primary amides is 1. The summed E-state index contributed by atoms with van der Waals surface area (Å²) < 4.78 is 2.11. The van der Waals surface area contributed by atoms with Crippen LogP contribution in [0.3, 0.4) is 0 Å². The van der Waals surface area contributed by atoms with Gasteiger partial charge in [-0.25, -0.2) is 4.79 Å². The third-order valence-electron chi connectivity index (χ3n) is 4.00. The highest BCUT2D eigenvalue weighted by Crippen LogP contribution is 2.21. The Hall–Kier alpha value is -2.65. The SMILES string of the molecule is NC(=O)NC(=O)CCSc1nnc(Cc2cccs2)n1CCc1ccccc1. The molecule has 0 aliphatic carbocycles. The van der Waals surface area contributed by atoms with E-state index in [0.29, 0.717) is 5.75 Å². The summed E-state index contributed by atoms with van der Waals surface area (Å²) in [6.45, 7) is 0.757. The van der Waals surface area contributed by atoms with Gasteiger partial charge < -0.3 is 10.3 Å². The lowest BCUT2D eigenvalue weighted by Crippen LogP contribution is -2.35. The molecular formula is C19H21N5O2S2. The fourth-order valence-electron chi connectivity index (χ4n) is 2.67. The molecule has 0 fully saturated rings. The summed E-state index contributed by atoms with van der Waals surface area (Å²) in [6.07, 6.45) is 1.77. The van der Waals surface area contributed by atoms with Crippen molar-refractivity contribution >= 4 is 35.0 Å². The minimum atomic E-state index is -0.834. The van der Waals surface area contributed by atoms with Crippen LogP contribution in [0.1, 0.15) is 22.7 Å². The zero-order valence-electron chi connectivity index (χ0n) is 15.2. The maximum atomic E-state index is 11.6. The van der Waals surface area contributed by atoms with Crippen LogP contribution in [0.15, 0.2) is 53.0 Å². The minimum Gasteiger partial charge on any atom is -0.351 e. The number of aryl methyl sites for hydroxylation is 1. The second-order valence-electron chi connectivity index (χ2n) is 6.05. The van der Waals surface area contributed by atoms with Gasteiger partial charge >= 0.3 is 6.03 Å². The molecule has 1 aromatic carbocycles. The van der Waals surface area contributed by atoms with Gasteiger partial charge in [0.05, 0.1) is 0 Å². The molecule has 0 radical (unpaired) electrons. The average molecular weight is 416 g/mol. The van der Waals surface area contributed by atoms with E-state index in [1.807, 2.05) is 29.6 Å². The van der Waals surface area contributed by atoms with Crippen molar-refractivity contribution in [2.24, 2.45) is 5.73 Å². The number of urea groups is 1. The average Bonchev–Trinajstić information content (AvgIpc) is 3.31. The van der Waals surface area contributed by atoms with E-state index in [1.54, 1.807) is 11.3 Å². The third-order valence-corrected chi connectivity index (χ3v) is 5.84. The van der Waals surface area contributed by atoms with Crippen molar-refractivity contribution in [2.45, 2.75) is 31.0 Å². The van der Waals surface area contributed by atoms with Crippen LogP contribution in [0.5, 0.6) is 0 Å². The van der Waals surface area contributed by atoms with Crippen molar-refractivity contribution in [1.82, 2.24) is 20.1 Å². The van der Waals surface area contributed by atoms with Gasteiger partial charge in [-0.3, -0.25) is 10.1 Å². The summed E-state index contributed by atoms with van der Waals surface area (Å²) in [4.78, 5) is 23.5. The molecule has 28 heavy (non-hydrogen) atoms. The maximum absolute atomic E-state index is 11.6. The number of carbonyl (C=O) groups excluding carboxylic acids is 2. The highest BCUT2D eigenvalue weighted by molar-refractivity contribution is 7.99. The fourth-order valence-corrected chi connectivity index (χ4v) is 4.29. The molecule has 0 saturated heterocycles. The number of nitrogens with two attached hydrogens (primary N) is 1. The van der Waals surface area contributed by atoms with Gasteiger partial charge in [0, 0.05) is 30.0 Å². The number of amides is 3. The number of rotatable bonds is 9. The summed E-state index contributed by atoms with van der Waals surface area (Å²) in [7, 11) is 0. The normalized spacial score (nSPS) is 10.7. The quantitative estimate of drug-likeness (QED) is 0.523. The van der Waals surface area contributed by atoms with Gasteiger partial charge in [0.1, 0.15) is 5.82 Å². The van der Waals surface area contributed by atoms with Crippen LogP contribution >= 0.6 is 23.1 Å². The molecule has 0 aliphatic heterocycles. The number of nitrogens with zero attached hydrogens (tertiary/aromatic N) is 3. The van der Waals surface area contributed by atoms with Crippen LogP contribution in [-0.2, 0) is 24.2 Å². The molecule has 3 N–H and O–H groups in total. The first-order chi connectivity index (χ1) is 13.6. The molecule has 0 bridgehead atoms. The van der Waals surface area contributed by atoms with Gasteiger partial charge in [-0.15, -0.1) is 21.5 Å². The van der Waals surface area contributed by atoms with Gasteiger partial charge in [0.25, 0.3) is 0 Å². The van der Waals surface area contributed by atoms with Crippen LogP contribution in [0.25, 0.3) is 0 Å².